The molecule has 0 aliphatic rings. The average molecular weight is 125 g/mol. The van der Waals surface area contributed by atoms with Gasteiger partial charge < -0.3 is 5.32 Å². The van der Waals surface area contributed by atoms with Gasteiger partial charge in [0, 0.05) is 11.4 Å². The Hall–Kier alpha value is -0.720. The number of allylic oxidation sites excluding steroid dienone is 2. The molecular formula is C8H15N. The first-order chi connectivity index (χ1) is 4.04. The van der Waals surface area contributed by atoms with Crippen LogP contribution in [0.5, 0.6) is 0 Å². The second kappa shape index (κ2) is 3.33. The highest BCUT2D eigenvalue weighted by molar-refractivity contribution is 5.03. The molecule has 0 bridgehead atoms. The zero-order chi connectivity index (χ0) is 7.44. The van der Waals surface area contributed by atoms with Gasteiger partial charge in [-0.05, 0) is 12.8 Å². The molecule has 0 saturated heterocycles. The first-order valence-corrected chi connectivity index (χ1v) is 3.15. The number of nitrogens with one attached hydrogen (secondary N) is 1. The zero-order valence-electron chi connectivity index (χ0n) is 6.49. The SMILES string of the molecule is C=C(C)NC(=C)C(C)C. The molecule has 0 aromatic carbocycles. The van der Waals surface area contributed by atoms with Gasteiger partial charge in [0.15, 0.2) is 0 Å². The summed E-state index contributed by atoms with van der Waals surface area (Å²) in [5, 5.41) is 3.05. The molecule has 0 atom stereocenters. The summed E-state index contributed by atoms with van der Waals surface area (Å²) in [6, 6.07) is 0. The smallest absolute Gasteiger partial charge is 0.0101 e. The summed E-state index contributed by atoms with van der Waals surface area (Å²) in [5.41, 5.74) is 1.98. The van der Waals surface area contributed by atoms with Gasteiger partial charge in [0.2, 0.25) is 0 Å². The zero-order valence-corrected chi connectivity index (χ0v) is 6.49. The van der Waals surface area contributed by atoms with E-state index in [1.165, 1.54) is 0 Å². The van der Waals surface area contributed by atoms with E-state index in [1.54, 1.807) is 0 Å². The first-order valence-electron chi connectivity index (χ1n) is 3.15. The third-order valence-electron chi connectivity index (χ3n) is 1.07. The molecule has 52 valence electrons. The van der Waals surface area contributed by atoms with Crippen LogP contribution in [0.1, 0.15) is 20.8 Å². The Morgan fingerprint density at radius 3 is 1.89 bits per heavy atom. The van der Waals surface area contributed by atoms with Gasteiger partial charge in [-0.15, -0.1) is 0 Å². The molecule has 0 aromatic heterocycles. The van der Waals surface area contributed by atoms with Gasteiger partial charge in [-0.25, -0.2) is 0 Å². The minimum atomic E-state index is 0.488. The van der Waals surface area contributed by atoms with Crippen molar-refractivity contribution in [2.75, 3.05) is 0 Å². The fraction of sp³-hybridized carbons (Fsp3) is 0.500. The van der Waals surface area contributed by atoms with Crippen molar-refractivity contribution in [2.45, 2.75) is 20.8 Å². The molecule has 9 heavy (non-hydrogen) atoms. The Bertz CT molecular complexity index is 123. The van der Waals surface area contributed by atoms with E-state index in [0.717, 1.165) is 11.4 Å². The van der Waals surface area contributed by atoms with E-state index >= 15 is 0 Å². The third kappa shape index (κ3) is 3.83. The quantitative estimate of drug-likeness (QED) is 0.610. The lowest BCUT2D eigenvalue weighted by Gasteiger charge is -2.11. The summed E-state index contributed by atoms with van der Waals surface area (Å²) in [4.78, 5) is 0. The molecule has 1 N–H and O–H groups in total. The predicted octanol–water partition coefficient (Wildman–Crippen LogP) is 2.28. The molecule has 0 heterocycles. The van der Waals surface area contributed by atoms with Crippen LogP contribution >= 0.6 is 0 Å². The Kier molecular flexibility index (Phi) is 3.07. The highest BCUT2D eigenvalue weighted by Crippen LogP contribution is 2.03. The molecular weight excluding hydrogens is 110 g/mol. The van der Waals surface area contributed by atoms with Crippen molar-refractivity contribution in [2.24, 2.45) is 5.92 Å². The maximum atomic E-state index is 3.82. The maximum absolute atomic E-state index is 3.82. The van der Waals surface area contributed by atoms with E-state index in [2.05, 4.69) is 32.3 Å². The van der Waals surface area contributed by atoms with Crippen LogP contribution in [0.3, 0.4) is 0 Å². The van der Waals surface area contributed by atoms with E-state index < -0.39 is 0 Å². The monoisotopic (exact) mass is 125 g/mol. The number of hydrogen-bond acceptors (Lipinski definition) is 1. The van der Waals surface area contributed by atoms with E-state index in [-0.39, 0.29) is 0 Å². The number of rotatable bonds is 3. The average Bonchev–Trinajstić information content (AvgIpc) is 1.63. The molecule has 0 aliphatic heterocycles. The molecule has 0 unspecified atom stereocenters. The summed E-state index contributed by atoms with van der Waals surface area (Å²) >= 11 is 0. The largest absolute Gasteiger partial charge is 0.363 e. The Morgan fingerprint density at radius 2 is 1.78 bits per heavy atom. The van der Waals surface area contributed by atoms with Crippen molar-refractivity contribution >= 4 is 0 Å². The molecule has 0 aliphatic carbocycles. The van der Waals surface area contributed by atoms with Gasteiger partial charge in [-0.3, -0.25) is 0 Å². The van der Waals surface area contributed by atoms with Crippen molar-refractivity contribution in [1.82, 2.24) is 5.32 Å². The first kappa shape index (κ1) is 8.28. The van der Waals surface area contributed by atoms with Crippen LogP contribution in [-0.4, -0.2) is 0 Å². The Balaban J connectivity index is 3.64. The summed E-state index contributed by atoms with van der Waals surface area (Å²) in [6.07, 6.45) is 0. The molecule has 0 saturated carbocycles. The lowest BCUT2D eigenvalue weighted by molar-refractivity contribution is 0.705. The van der Waals surface area contributed by atoms with Gasteiger partial charge in [0.25, 0.3) is 0 Å². The molecule has 0 spiro atoms. The van der Waals surface area contributed by atoms with Crippen LogP contribution in [-0.2, 0) is 0 Å². The second-order valence-corrected chi connectivity index (χ2v) is 2.59. The van der Waals surface area contributed by atoms with Crippen LogP contribution in [0.25, 0.3) is 0 Å². The number of hydrogen-bond donors (Lipinski definition) is 1. The van der Waals surface area contributed by atoms with Crippen molar-refractivity contribution < 1.29 is 0 Å². The second-order valence-electron chi connectivity index (χ2n) is 2.59. The Labute approximate surface area is 57.5 Å². The van der Waals surface area contributed by atoms with E-state index in [4.69, 9.17) is 0 Å². The molecule has 1 nitrogen and oxygen atoms in total. The maximum Gasteiger partial charge on any atom is 0.0101 e. The molecule has 0 aromatic rings. The third-order valence-corrected chi connectivity index (χ3v) is 1.07. The lowest BCUT2D eigenvalue weighted by atomic mass is 10.1. The predicted molar refractivity (Wildman–Crippen MR) is 41.9 cm³/mol. The Morgan fingerprint density at radius 1 is 1.33 bits per heavy atom. The molecule has 0 amide bonds. The molecule has 0 radical (unpaired) electrons. The van der Waals surface area contributed by atoms with Gasteiger partial charge in [0.05, 0.1) is 0 Å². The van der Waals surface area contributed by atoms with Gasteiger partial charge in [0.1, 0.15) is 0 Å². The van der Waals surface area contributed by atoms with Crippen LogP contribution in [0.15, 0.2) is 24.6 Å². The van der Waals surface area contributed by atoms with E-state index in [1.807, 2.05) is 6.92 Å². The molecule has 0 fully saturated rings. The van der Waals surface area contributed by atoms with Crippen molar-refractivity contribution in [3.8, 4) is 0 Å². The minimum absolute atomic E-state index is 0.488. The molecule has 0 rings (SSSR count). The van der Waals surface area contributed by atoms with Crippen molar-refractivity contribution in [3.63, 3.8) is 0 Å². The van der Waals surface area contributed by atoms with Crippen LogP contribution < -0.4 is 5.32 Å². The van der Waals surface area contributed by atoms with Crippen LogP contribution in [0.4, 0.5) is 0 Å². The highest BCUT2D eigenvalue weighted by Gasteiger charge is 1.96. The van der Waals surface area contributed by atoms with Crippen molar-refractivity contribution in [3.05, 3.63) is 24.6 Å². The van der Waals surface area contributed by atoms with E-state index in [9.17, 15) is 0 Å². The normalized spacial score (nSPS) is 9.33. The summed E-state index contributed by atoms with van der Waals surface area (Å²) < 4.78 is 0. The fourth-order valence-corrected chi connectivity index (χ4v) is 0.418. The van der Waals surface area contributed by atoms with Crippen LogP contribution in [0.2, 0.25) is 0 Å². The van der Waals surface area contributed by atoms with Crippen molar-refractivity contribution in [1.29, 1.82) is 0 Å². The highest BCUT2D eigenvalue weighted by atomic mass is 14.9. The van der Waals surface area contributed by atoms with Crippen LogP contribution in [0, 0.1) is 5.92 Å². The fourth-order valence-electron chi connectivity index (χ4n) is 0.418. The van der Waals surface area contributed by atoms with Gasteiger partial charge in [-0.1, -0.05) is 27.0 Å². The van der Waals surface area contributed by atoms with E-state index in [0.29, 0.717) is 5.92 Å². The summed E-state index contributed by atoms with van der Waals surface area (Å²) in [6.45, 7) is 13.6. The lowest BCUT2D eigenvalue weighted by Crippen LogP contribution is -2.12. The summed E-state index contributed by atoms with van der Waals surface area (Å²) in [5.74, 6) is 0.488. The standard InChI is InChI=1S/C8H15N/c1-6(2)8(5)9-7(3)4/h6,9H,3,5H2,1-2,4H3. The topological polar surface area (TPSA) is 12.0 Å². The molecule has 1 heteroatoms. The summed E-state index contributed by atoms with van der Waals surface area (Å²) in [7, 11) is 0. The minimum Gasteiger partial charge on any atom is -0.363 e. The van der Waals surface area contributed by atoms with Gasteiger partial charge in [-0.2, -0.15) is 0 Å². The van der Waals surface area contributed by atoms with Gasteiger partial charge >= 0.3 is 0 Å².